The first-order valence-corrected chi connectivity index (χ1v) is 36.8. The van der Waals surface area contributed by atoms with Crippen molar-refractivity contribution in [3.63, 3.8) is 0 Å². The maximum atomic E-state index is 2.33. The van der Waals surface area contributed by atoms with E-state index in [2.05, 4.69) is 27.7 Å². The monoisotopic (exact) mass is 1040 g/mol. The summed E-state index contributed by atoms with van der Waals surface area (Å²) in [6.45, 7) is 9.33. The zero-order valence-electron chi connectivity index (χ0n) is 53.2. The summed E-state index contributed by atoms with van der Waals surface area (Å²) >= 11 is 0. The molecule has 0 nitrogen and oxygen atoms in total. The predicted octanol–water partition coefficient (Wildman–Crippen LogP) is 28.8. The molecule has 0 amide bonds. The van der Waals surface area contributed by atoms with Crippen LogP contribution in [0.1, 0.15) is 464 Å². The van der Waals surface area contributed by atoms with E-state index in [0.717, 1.165) is 11.8 Å². The Morgan fingerprint density at radius 1 is 0.108 bits per heavy atom. The average molecular weight is 1040 g/mol. The Balaban J connectivity index is 4.92. The summed E-state index contributed by atoms with van der Waals surface area (Å²) in [6, 6.07) is 0. The van der Waals surface area contributed by atoms with Crippen LogP contribution >= 0.6 is 0 Å². The van der Waals surface area contributed by atoms with Crippen molar-refractivity contribution in [3.05, 3.63) is 0 Å². The maximum Gasteiger partial charge on any atom is -0.0386 e. The molecule has 0 heterocycles. The lowest BCUT2D eigenvalue weighted by molar-refractivity contribution is 0.236. The maximum absolute atomic E-state index is 2.33. The van der Waals surface area contributed by atoms with Gasteiger partial charge in [0.15, 0.2) is 0 Å². The smallest absolute Gasteiger partial charge is 0.0386 e. The van der Waals surface area contributed by atoms with Crippen LogP contribution in [0, 0.1) is 11.8 Å². The summed E-state index contributed by atoms with van der Waals surface area (Å²) < 4.78 is 0. The molecular formula is C74H150. The van der Waals surface area contributed by atoms with Gasteiger partial charge < -0.3 is 0 Å². The molecule has 0 heteroatoms. The van der Waals surface area contributed by atoms with Crippen LogP contribution in [0.3, 0.4) is 0 Å². The molecule has 0 radical (unpaired) electrons. The second-order valence-electron chi connectivity index (χ2n) is 25.9. The van der Waals surface area contributed by atoms with E-state index in [1.54, 1.807) is 25.7 Å². The van der Waals surface area contributed by atoms with Crippen molar-refractivity contribution in [1.82, 2.24) is 0 Å². The third kappa shape index (κ3) is 62.8. The van der Waals surface area contributed by atoms with Crippen molar-refractivity contribution in [1.29, 1.82) is 0 Å². The van der Waals surface area contributed by atoms with E-state index >= 15 is 0 Å². The van der Waals surface area contributed by atoms with Crippen molar-refractivity contribution in [2.75, 3.05) is 0 Å². The minimum atomic E-state index is 1.01. The molecule has 0 aromatic heterocycles. The van der Waals surface area contributed by atoms with Crippen LogP contribution in [0.2, 0.25) is 0 Å². The van der Waals surface area contributed by atoms with Gasteiger partial charge in [-0.3, -0.25) is 0 Å². The molecule has 0 aliphatic rings. The van der Waals surface area contributed by atoms with Crippen molar-refractivity contribution in [2.45, 2.75) is 464 Å². The molecule has 74 heavy (non-hydrogen) atoms. The Bertz CT molecular complexity index is 773. The van der Waals surface area contributed by atoms with E-state index in [0.29, 0.717) is 0 Å². The minimum Gasteiger partial charge on any atom is -0.0654 e. The first-order valence-electron chi connectivity index (χ1n) is 36.8. The molecule has 0 rings (SSSR count). The highest BCUT2D eigenvalue weighted by atomic mass is 14.3. The summed E-state index contributed by atoms with van der Waals surface area (Å²) in [6.07, 6.45) is 101. The second-order valence-corrected chi connectivity index (χ2v) is 25.9. The molecule has 0 atom stereocenters. The lowest BCUT2D eigenvalue weighted by Crippen LogP contribution is -2.16. The van der Waals surface area contributed by atoms with Crippen LogP contribution in [0.15, 0.2) is 0 Å². The van der Waals surface area contributed by atoms with Gasteiger partial charge in [0.1, 0.15) is 0 Å². The Kier molecular flexibility index (Phi) is 69.1. The largest absolute Gasteiger partial charge is 0.0654 e. The van der Waals surface area contributed by atoms with E-state index in [9.17, 15) is 0 Å². The summed E-state index contributed by atoms with van der Waals surface area (Å²) in [5.74, 6) is 2.03. The van der Waals surface area contributed by atoms with E-state index in [4.69, 9.17) is 0 Å². The zero-order valence-corrected chi connectivity index (χ0v) is 53.2. The van der Waals surface area contributed by atoms with E-state index in [1.807, 2.05) is 0 Å². The van der Waals surface area contributed by atoms with Gasteiger partial charge in [-0.05, 0) is 11.8 Å². The zero-order chi connectivity index (χ0) is 53.2. The fraction of sp³-hybridized carbons (Fsp3) is 1.00. The van der Waals surface area contributed by atoms with Crippen LogP contribution in [-0.2, 0) is 0 Å². The quantitative estimate of drug-likeness (QED) is 0.0533. The molecule has 0 aliphatic carbocycles. The molecule has 0 aliphatic heterocycles. The van der Waals surface area contributed by atoms with E-state index < -0.39 is 0 Å². The van der Waals surface area contributed by atoms with Crippen molar-refractivity contribution in [3.8, 4) is 0 Å². The van der Waals surface area contributed by atoms with Gasteiger partial charge >= 0.3 is 0 Å². The lowest BCUT2D eigenvalue weighted by atomic mass is 9.78. The molecule has 0 spiro atoms. The van der Waals surface area contributed by atoms with Crippen molar-refractivity contribution >= 4 is 0 Å². The molecule has 446 valence electrons. The van der Waals surface area contributed by atoms with Gasteiger partial charge in [-0.25, -0.2) is 0 Å². The molecule has 0 unspecified atom stereocenters. The first-order chi connectivity index (χ1) is 36.8. The van der Waals surface area contributed by atoms with Crippen molar-refractivity contribution < 1.29 is 0 Å². The van der Waals surface area contributed by atoms with Crippen LogP contribution < -0.4 is 0 Å². The Morgan fingerprint density at radius 2 is 0.189 bits per heavy atom. The highest BCUT2D eigenvalue weighted by Crippen LogP contribution is 2.34. The molecule has 0 aromatic rings. The number of unbranched alkanes of at least 4 members (excludes halogenated alkanes) is 60. The first kappa shape index (κ1) is 74.0. The third-order valence-corrected chi connectivity index (χ3v) is 18.4. The number of rotatable bonds is 69. The van der Waals surface area contributed by atoms with Crippen LogP contribution in [0.25, 0.3) is 0 Å². The molecule has 0 saturated carbocycles. The Labute approximate surface area is 473 Å². The van der Waals surface area contributed by atoms with E-state index in [-0.39, 0.29) is 0 Å². The highest BCUT2D eigenvalue weighted by Gasteiger charge is 2.21. The molecule has 0 N–H and O–H groups in total. The SMILES string of the molecule is CCCCCCCCCCCCCCCCCCC(CCCCCCCCCCCCCCCCCC)C(CCCCCCCCCCCCCCCCCC)CCCCCCCCCCCCCCCCCC. The molecule has 0 aromatic carbocycles. The number of hydrogen-bond acceptors (Lipinski definition) is 0. The molecule has 0 saturated heterocycles. The average Bonchev–Trinajstić information content (AvgIpc) is 3.41. The Morgan fingerprint density at radius 3 is 0.284 bits per heavy atom. The molecular weight excluding hydrogens is 889 g/mol. The number of hydrogen-bond donors (Lipinski definition) is 0. The predicted molar refractivity (Wildman–Crippen MR) is 344 cm³/mol. The topological polar surface area (TPSA) is 0 Å². The van der Waals surface area contributed by atoms with E-state index in [1.165, 1.54) is 411 Å². The summed E-state index contributed by atoms with van der Waals surface area (Å²) in [5, 5.41) is 0. The second kappa shape index (κ2) is 69.1. The Hall–Kier alpha value is 0. The van der Waals surface area contributed by atoms with Crippen molar-refractivity contribution in [2.24, 2.45) is 11.8 Å². The van der Waals surface area contributed by atoms with Gasteiger partial charge in [-0.1, -0.05) is 464 Å². The molecule has 0 bridgehead atoms. The van der Waals surface area contributed by atoms with Gasteiger partial charge in [0.25, 0.3) is 0 Å². The fourth-order valence-electron chi connectivity index (χ4n) is 13.0. The van der Waals surface area contributed by atoms with Crippen LogP contribution in [0.4, 0.5) is 0 Å². The van der Waals surface area contributed by atoms with Gasteiger partial charge in [-0.15, -0.1) is 0 Å². The van der Waals surface area contributed by atoms with Crippen LogP contribution in [-0.4, -0.2) is 0 Å². The van der Waals surface area contributed by atoms with Gasteiger partial charge in [-0.2, -0.15) is 0 Å². The lowest BCUT2D eigenvalue weighted by Gasteiger charge is -2.28. The third-order valence-electron chi connectivity index (χ3n) is 18.4. The summed E-state index contributed by atoms with van der Waals surface area (Å²) in [7, 11) is 0. The van der Waals surface area contributed by atoms with Gasteiger partial charge in [0.2, 0.25) is 0 Å². The molecule has 0 fully saturated rings. The highest BCUT2D eigenvalue weighted by molar-refractivity contribution is 4.73. The minimum absolute atomic E-state index is 1.01. The summed E-state index contributed by atoms with van der Waals surface area (Å²) in [4.78, 5) is 0. The summed E-state index contributed by atoms with van der Waals surface area (Å²) in [5.41, 5.74) is 0. The fourth-order valence-corrected chi connectivity index (χ4v) is 13.0. The standard InChI is InChI=1S/C74H150/c1-5-9-13-17-21-25-29-33-37-41-45-49-53-57-61-65-69-73(70-66-62-58-54-50-46-42-38-34-30-26-22-18-14-10-6-2)74(71-67-63-59-55-51-47-43-39-35-31-27-23-19-15-11-7-3)72-68-64-60-56-52-48-44-40-36-32-28-24-20-16-12-8-4/h73-74H,5-72H2,1-4H3. The van der Waals surface area contributed by atoms with Crippen LogP contribution in [0.5, 0.6) is 0 Å². The van der Waals surface area contributed by atoms with Gasteiger partial charge in [0.05, 0.1) is 0 Å². The normalized spacial score (nSPS) is 11.9. The van der Waals surface area contributed by atoms with Gasteiger partial charge in [0, 0.05) is 0 Å².